The summed E-state index contributed by atoms with van der Waals surface area (Å²) in [5.74, 6) is -1.08. The van der Waals surface area contributed by atoms with Gasteiger partial charge in [0.05, 0.1) is 12.0 Å². The van der Waals surface area contributed by atoms with Crippen molar-refractivity contribution in [3.05, 3.63) is 29.0 Å². The second kappa shape index (κ2) is 5.35. The molecule has 96 valence electrons. The van der Waals surface area contributed by atoms with E-state index in [0.29, 0.717) is 10.7 Å². The predicted molar refractivity (Wildman–Crippen MR) is 65.6 cm³/mol. The van der Waals surface area contributed by atoms with Crippen molar-refractivity contribution >= 4 is 23.5 Å². The van der Waals surface area contributed by atoms with Gasteiger partial charge in [0.1, 0.15) is 5.15 Å². The number of aliphatic carboxylic acids is 1. The lowest BCUT2D eigenvalue weighted by molar-refractivity contribution is -0.137. The maximum Gasteiger partial charge on any atom is 0.305 e. The van der Waals surface area contributed by atoms with E-state index in [-0.39, 0.29) is 24.9 Å². The number of aromatic nitrogens is 1. The Hall–Kier alpha value is -1.62. The van der Waals surface area contributed by atoms with E-state index in [1.807, 2.05) is 0 Å². The largest absolute Gasteiger partial charge is 0.481 e. The molecule has 0 unspecified atom stereocenters. The summed E-state index contributed by atoms with van der Waals surface area (Å²) >= 11 is 5.66. The van der Waals surface area contributed by atoms with Crippen molar-refractivity contribution in [3.63, 3.8) is 0 Å². The van der Waals surface area contributed by atoms with Gasteiger partial charge in [-0.3, -0.25) is 9.59 Å². The minimum absolute atomic E-state index is 0.0384. The number of rotatable bonds is 5. The van der Waals surface area contributed by atoms with Crippen molar-refractivity contribution in [2.24, 2.45) is 0 Å². The number of nitrogens with zero attached hydrogens (tertiary/aromatic N) is 2. The Morgan fingerprint density at radius 3 is 2.67 bits per heavy atom. The first-order valence-corrected chi connectivity index (χ1v) is 6.10. The summed E-state index contributed by atoms with van der Waals surface area (Å²) < 4.78 is 0. The van der Waals surface area contributed by atoms with Crippen molar-refractivity contribution in [1.82, 2.24) is 9.88 Å². The molecular formula is C12H13ClN2O3. The molecule has 1 aromatic rings. The Bertz CT molecular complexity index is 457. The number of hydrogen-bond acceptors (Lipinski definition) is 3. The van der Waals surface area contributed by atoms with E-state index in [2.05, 4.69) is 4.98 Å². The molecule has 1 aromatic heterocycles. The van der Waals surface area contributed by atoms with Crippen LogP contribution in [-0.2, 0) is 4.79 Å². The van der Waals surface area contributed by atoms with Crippen molar-refractivity contribution < 1.29 is 14.7 Å². The minimum Gasteiger partial charge on any atom is -0.481 e. The summed E-state index contributed by atoms with van der Waals surface area (Å²) in [6.07, 6.45) is 3.25. The van der Waals surface area contributed by atoms with Crippen LogP contribution < -0.4 is 0 Å². The molecule has 1 N–H and O–H groups in total. The zero-order valence-electron chi connectivity index (χ0n) is 9.67. The summed E-state index contributed by atoms with van der Waals surface area (Å²) in [6.45, 7) is 0.238. The van der Waals surface area contributed by atoms with E-state index in [4.69, 9.17) is 16.7 Å². The molecule has 18 heavy (non-hydrogen) atoms. The normalized spacial score (nSPS) is 14.3. The molecule has 1 aliphatic rings. The van der Waals surface area contributed by atoms with Gasteiger partial charge in [0.2, 0.25) is 0 Å². The molecule has 0 saturated heterocycles. The SMILES string of the molecule is O=C(O)CCN(C(=O)c1ccc(Cl)nc1)C1CC1. The highest BCUT2D eigenvalue weighted by Gasteiger charge is 2.33. The van der Waals surface area contributed by atoms with E-state index in [9.17, 15) is 9.59 Å². The minimum atomic E-state index is -0.900. The highest BCUT2D eigenvalue weighted by Crippen LogP contribution is 2.28. The monoisotopic (exact) mass is 268 g/mol. The molecule has 5 nitrogen and oxygen atoms in total. The maximum atomic E-state index is 12.2. The summed E-state index contributed by atoms with van der Waals surface area (Å²) in [4.78, 5) is 28.3. The van der Waals surface area contributed by atoms with Crippen molar-refractivity contribution in [2.75, 3.05) is 6.54 Å². The lowest BCUT2D eigenvalue weighted by atomic mass is 10.2. The van der Waals surface area contributed by atoms with Crippen molar-refractivity contribution in [3.8, 4) is 0 Å². The van der Waals surface area contributed by atoms with Gasteiger partial charge in [-0.15, -0.1) is 0 Å². The first-order valence-electron chi connectivity index (χ1n) is 5.72. The van der Waals surface area contributed by atoms with Gasteiger partial charge in [-0.2, -0.15) is 0 Å². The lowest BCUT2D eigenvalue weighted by Crippen LogP contribution is -2.35. The quantitative estimate of drug-likeness (QED) is 0.827. The summed E-state index contributed by atoms with van der Waals surface area (Å²) in [6, 6.07) is 3.33. The number of carboxylic acid groups (broad SMARTS) is 1. The van der Waals surface area contributed by atoms with Crippen LogP contribution in [-0.4, -0.2) is 39.5 Å². The third-order valence-corrected chi connectivity index (χ3v) is 3.01. The summed E-state index contributed by atoms with van der Waals surface area (Å²) in [5, 5.41) is 9.01. The average Bonchev–Trinajstić information content (AvgIpc) is 3.14. The predicted octanol–water partition coefficient (Wildman–Crippen LogP) is 1.81. The number of pyridine rings is 1. The fourth-order valence-corrected chi connectivity index (χ4v) is 1.83. The van der Waals surface area contributed by atoms with Crippen LogP contribution in [0, 0.1) is 0 Å². The van der Waals surface area contributed by atoms with Gasteiger partial charge in [0.25, 0.3) is 5.91 Å². The van der Waals surface area contributed by atoms with Crippen LogP contribution in [0.15, 0.2) is 18.3 Å². The average molecular weight is 269 g/mol. The molecule has 0 spiro atoms. The van der Waals surface area contributed by atoms with E-state index in [1.165, 1.54) is 6.20 Å². The highest BCUT2D eigenvalue weighted by molar-refractivity contribution is 6.29. The van der Waals surface area contributed by atoms with Crippen molar-refractivity contribution in [1.29, 1.82) is 0 Å². The van der Waals surface area contributed by atoms with Crippen LogP contribution >= 0.6 is 11.6 Å². The fourth-order valence-electron chi connectivity index (χ4n) is 1.72. The number of carbonyl (C=O) groups is 2. The van der Waals surface area contributed by atoms with Crippen LogP contribution in [0.5, 0.6) is 0 Å². The van der Waals surface area contributed by atoms with Gasteiger partial charge in [-0.25, -0.2) is 4.98 Å². The van der Waals surface area contributed by atoms with Gasteiger partial charge >= 0.3 is 5.97 Å². The Balaban J connectivity index is 2.07. The third kappa shape index (κ3) is 3.20. The summed E-state index contributed by atoms with van der Waals surface area (Å²) in [5.41, 5.74) is 0.441. The maximum absolute atomic E-state index is 12.2. The molecule has 0 radical (unpaired) electrons. The molecule has 1 saturated carbocycles. The molecular weight excluding hydrogens is 256 g/mol. The van der Waals surface area contributed by atoms with Crippen LogP contribution in [0.2, 0.25) is 5.15 Å². The Morgan fingerprint density at radius 2 is 2.17 bits per heavy atom. The van der Waals surface area contributed by atoms with E-state index in [1.54, 1.807) is 17.0 Å². The second-order valence-corrected chi connectivity index (χ2v) is 4.63. The molecule has 1 aliphatic carbocycles. The highest BCUT2D eigenvalue weighted by atomic mass is 35.5. The van der Waals surface area contributed by atoms with Crippen LogP contribution in [0.4, 0.5) is 0 Å². The van der Waals surface area contributed by atoms with Gasteiger partial charge in [0.15, 0.2) is 0 Å². The fraction of sp³-hybridized carbons (Fsp3) is 0.417. The molecule has 0 aromatic carbocycles. The van der Waals surface area contributed by atoms with E-state index < -0.39 is 5.97 Å². The van der Waals surface area contributed by atoms with Gasteiger partial charge in [0, 0.05) is 18.8 Å². The molecule has 0 bridgehead atoms. The topological polar surface area (TPSA) is 70.5 Å². The van der Waals surface area contributed by atoms with Crippen LogP contribution in [0.3, 0.4) is 0 Å². The number of amides is 1. The first kappa shape index (κ1) is 12.8. The molecule has 2 rings (SSSR count). The van der Waals surface area contributed by atoms with Crippen molar-refractivity contribution in [2.45, 2.75) is 25.3 Å². The molecule has 0 atom stereocenters. The van der Waals surface area contributed by atoms with Gasteiger partial charge in [-0.1, -0.05) is 11.6 Å². The smallest absolute Gasteiger partial charge is 0.305 e. The number of carbonyl (C=O) groups excluding carboxylic acids is 1. The zero-order valence-corrected chi connectivity index (χ0v) is 10.4. The number of carboxylic acids is 1. The molecule has 1 fully saturated rings. The van der Waals surface area contributed by atoms with Gasteiger partial charge < -0.3 is 10.0 Å². The summed E-state index contributed by atoms with van der Waals surface area (Å²) in [7, 11) is 0. The standard InChI is InChI=1S/C12H13ClN2O3/c13-10-4-1-8(7-14-10)12(18)15(9-2-3-9)6-5-11(16)17/h1,4,7,9H,2-3,5-6H2,(H,16,17). The molecule has 1 heterocycles. The molecule has 0 aliphatic heterocycles. The van der Waals surface area contributed by atoms with Crippen LogP contribution in [0.25, 0.3) is 0 Å². The number of hydrogen-bond donors (Lipinski definition) is 1. The Morgan fingerprint density at radius 1 is 1.44 bits per heavy atom. The third-order valence-electron chi connectivity index (χ3n) is 2.79. The van der Waals surface area contributed by atoms with Crippen LogP contribution in [0.1, 0.15) is 29.6 Å². The first-order chi connectivity index (χ1) is 8.58. The van der Waals surface area contributed by atoms with Gasteiger partial charge in [-0.05, 0) is 25.0 Å². The van der Waals surface area contributed by atoms with E-state index in [0.717, 1.165) is 12.8 Å². The molecule has 6 heteroatoms. The Labute approximate surface area is 109 Å². The number of halogens is 1. The zero-order chi connectivity index (χ0) is 13.1. The lowest BCUT2D eigenvalue weighted by Gasteiger charge is -2.21. The molecule has 1 amide bonds. The Kier molecular flexibility index (Phi) is 3.81. The van der Waals surface area contributed by atoms with E-state index >= 15 is 0 Å². The second-order valence-electron chi connectivity index (χ2n) is 4.24.